The Kier molecular flexibility index (Phi) is 6.49. The number of carbonyl (C=O) groups is 3. The molecule has 1 aliphatic heterocycles. The maximum atomic E-state index is 13.8. The van der Waals surface area contributed by atoms with Crippen molar-refractivity contribution in [3.8, 4) is 0 Å². The van der Waals surface area contributed by atoms with E-state index < -0.39 is 48.3 Å². The van der Waals surface area contributed by atoms with Crippen LogP contribution in [-0.2, 0) is 33.3 Å². The Hall–Kier alpha value is -2.43. The third-order valence-corrected chi connectivity index (χ3v) is 4.84. The predicted molar refractivity (Wildman–Crippen MR) is 101 cm³/mol. The summed E-state index contributed by atoms with van der Waals surface area (Å²) in [5.74, 6) is -2.62. The molecule has 4 atom stereocenters. The van der Waals surface area contributed by atoms with Gasteiger partial charge in [-0.15, -0.1) is 0 Å². The number of nitrogens with zero attached hydrogens (tertiary/aromatic N) is 2. The molecule has 1 aromatic carbocycles. The average molecular weight is 463 g/mol. The summed E-state index contributed by atoms with van der Waals surface area (Å²) in [5, 5.41) is -0.293. The van der Waals surface area contributed by atoms with E-state index in [0.717, 1.165) is 6.07 Å². The lowest BCUT2D eigenvalue weighted by atomic mass is 10.1. The minimum absolute atomic E-state index is 0.108. The fourth-order valence-electron chi connectivity index (χ4n) is 3.20. The molecule has 12 heteroatoms. The number of imidazole rings is 1. The van der Waals surface area contributed by atoms with E-state index in [9.17, 15) is 18.8 Å². The molecule has 0 radical (unpaired) electrons. The van der Waals surface area contributed by atoms with E-state index in [1.165, 1.54) is 31.4 Å². The Labute approximate surface area is 179 Å². The first-order chi connectivity index (χ1) is 14.1. The van der Waals surface area contributed by atoms with Crippen molar-refractivity contribution in [2.45, 2.75) is 45.3 Å². The van der Waals surface area contributed by atoms with Crippen molar-refractivity contribution >= 4 is 52.1 Å². The number of aromatic nitrogens is 2. The minimum Gasteiger partial charge on any atom is -0.463 e. The second-order valence-electron chi connectivity index (χ2n) is 6.52. The fourth-order valence-corrected chi connectivity index (χ4v) is 3.64. The number of benzene rings is 1. The van der Waals surface area contributed by atoms with Crippen LogP contribution in [0.25, 0.3) is 11.0 Å². The van der Waals surface area contributed by atoms with Gasteiger partial charge in [-0.25, -0.2) is 9.37 Å². The third kappa shape index (κ3) is 4.50. The zero-order chi connectivity index (χ0) is 22.2. The molecule has 1 aromatic heterocycles. The van der Waals surface area contributed by atoms with Gasteiger partial charge in [-0.05, 0) is 17.7 Å². The lowest BCUT2D eigenvalue weighted by Gasteiger charge is -2.24. The molecule has 9 nitrogen and oxygen atoms in total. The molecule has 1 saturated heterocycles. The Bertz CT molecular complexity index is 1010. The molecule has 1 aliphatic rings. The van der Waals surface area contributed by atoms with Crippen LogP contribution in [0.3, 0.4) is 0 Å². The predicted octanol–water partition coefficient (Wildman–Crippen LogP) is 2.81. The molecule has 0 saturated carbocycles. The first kappa shape index (κ1) is 22.3. The highest BCUT2D eigenvalue weighted by atomic mass is 35.5. The molecule has 1 fully saturated rings. The van der Waals surface area contributed by atoms with Crippen LogP contribution >= 0.6 is 23.2 Å². The summed E-state index contributed by atoms with van der Waals surface area (Å²) in [4.78, 5) is 38.7. The Morgan fingerprint density at radius 1 is 1.10 bits per heavy atom. The summed E-state index contributed by atoms with van der Waals surface area (Å²) < 4.78 is 36.7. The quantitative estimate of drug-likeness (QED) is 0.493. The number of hydrogen-bond donors (Lipinski definition) is 0. The van der Waals surface area contributed by atoms with Gasteiger partial charge in [0.25, 0.3) is 0 Å². The second kappa shape index (κ2) is 8.75. The van der Waals surface area contributed by atoms with Crippen LogP contribution in [0.2, 0.25) is 10.3 Å². The highest BCUT2D eigenvalue weighted by molar-refractivity contribution is 6.32. The summed E-state index contributed by atoms with van der Waals surface area (Å²) in [6, 6.07) is 2.38. The van der Waals surface area contributed by atoms with Crippen molar-refractivity contribution in [2.75, 3.05) is 6.61 Å². The first-order valence-electron chi connectivity index (χ1n) is 8.74. The van der Waals surface area contributed by atoms with Gasteiger partial charge in [0.15, 0.2) is 18.4 Å². The first-order valence-corrected chi connectivity index (χ1v) is 9.49. The Morgan fingerprint density at radius 2 is 1.73 bits per heavy atom. The summed E-state index contributed by atoms with van der Waals surface area (Å²) in [7, 11) is 0. The van der Waals surface area contributed by atoms with Crippen molar-refractivity contribution in [1.29, 1.82) is 0 Å². The van der Waals surface area contributed by atoms with Gasteiger partial charge in [-0.2, -0.15) is 0 Å². The van der Waals surface area contributed by atoms with E-state index >= 15 is 0 Å². The van der Waals surface area contributed by atoms with Crippen molar-refractivity contribution in [3.05, 3.63) is 28.3 Å². The van der Waals surface area contributed by atoms with E-state index in [1.54, 1.807) is 0 Å². The van der Waals surface area contributed by atoms with Crippen molar-refractivity contribution in [2.24, 2.45) is 0 Å². The van der Waals surface area contributed by atoms with Gasteiger partial charge in [0.05, 0.1) is 16.1 Å². The molecule has 1 unspecified atom stereocenters. The molecular formula is C18H17Cl2FN2O7. The van der Waals surface area contributed by atoms with Gasteiger partial charge in [0.2, 0.25) is 5.28 Å². The summed E-state index contributed by atoms with van der Waals surface area (Å²) in [6.45, 7) is 3.26. The molecular weight excluding hydrogens is 446 g/mol. The topological polar surface area (TPSA) is 106 Å². The van der Waals surface area contributed by atoms with Gasteiger partial charge in [-0.1, -0.05) is 11.6 Å². The van der Waals surface area contributed by atoms with E-state index in [0.29, 0.717) is 5.52 Å². The van der Waals surface area contributed by atoms with E-state index in [1.807, 2.05) is 0 Å². The maximum Gasteiger partial charge on any atom is 0.303 e. The highest BCUT2D eigenvalue weighted by Gasteiger charge is 2.51. The van der Waals surface area contributed by atoms with Crippen LogP contribution in [0.5, 0.6) is 0 Å². The molecule has 0 bridgehead atoms. The number of ether oxygens (including phenoxy) is 4. The van der Waals surface area contributed by atoms with Crippen LogP contribution < -0.4 is 0 Å². The standard InChI is InChI=1S/C18H17Cl2FN2O7/c1-7(24)27-6-14-15(28-8(2)25)16(29-9(3)26)17(30-14)23-13-4-10(19)11(21)5-12(13)22-18(23)20/h4-5,14-17H,6H2,1-3H3/t14-,15-,16-,17?/m1/s1. The van der Waals surface area contributed by atoms with Gasteiger partial charge in [-0.3, -0.25) is 19.0 Å². The maximum absolute atomic E-state index is 13.8. The number of rotatable bonds is 5. The molecule has 2 heterocycles. The lowest BCUT2D eigenvalue weighted by molar-refractivity contribution is -0.166. The lowest BCUT2D eigenvalue weighted by Crippen LogP contribution is -2.40. The molecule has 0 aliphatic carbocycles. The van der Waals surface area contributed by atoms with Gasteiger partial charge < -0.3 is 18.9 Å². The van der Waals surface area contributed by atoms with Gasteiger partial charge in [0.1, 0.15) is 18.5 Å². The second-order valence-corrected chi connectivity index (χ2v) is 7.27. The zero-order valence-corrected chi connectivity index (χ0v) is 17.6. The average Bonchev–Trinajstić information content (AvgIpc) is 3.10. The Balaban J connectivity index is 2.09. The zero-order valence-electron chi connectivity index (χ0n) is 16.1. The van der Waals surface area contributed by atoms with Crippen LogP contribution in [0.1, 0.15) is 27.0 Å². The summed E-state index contributed by atoms with van der Waals surface area (Å²) >= 11 is 12.2. The molecule has 30 heavy (non-hydrogen) atoms. The fraction of sp³-hybridized carbons (Fsp3) is 0.444. The van der Waals surface area contributed by atoms with E-state index in [4.69, 9.17) is 42.1 Å². The van der Waals surface area contributed by atoms with Crippen molar-refractivity contribution in [3.63, 3.8) is 0 Å². The van der Waals surface area contributed by atoms with Crippen LogP contribution in [0, 0.1) is 5.82 Å². The molecule has 3 rings (SSSR count). The van der Waals surface area contributed by atoms with E-state index in [2.05, 4.69) is 4.98 Å². The number of carbonyl (C=O) groups excluding carboxylic acids is 3. The summed E-state index contributed by atoms with van der Waals surface area (Å²) in [5.41, 5.74) is 0.475. The molecule has 0 spiro atoms. The number of halogens is 3. The van der Waals surface area contributed by atoms with Crippen molar-refractivity contribution in [1.82, 2.24) is 9.55 Å². The molecule has 0 amide bonds. The third-order valence-electron chi connectivity index (χ3n) is 4.28. The number of fused-ring (bicyclic) bond motifs is 1. The monoisotopic (exact) mass is 462 g/mol. The molecule has 2 aromatic rings. The van der Waals surface area contributed by atoms with Crippen molar-refractivity contribution < 1.29 is 37.7 Å². The largest absolute Gasteiger partial charge is 0.463 e. The minimum atomic E-state index is -1.16. The van der Waals surface area contributed by atoms with Gasteiger partial charge in [0, 0.05) is 26.8 Å². The van der Waals surface area contributed by atoms with Gasteiger partial charge >= 0.3 is 17.9 Å². The normalized spacial score (nSPS) is 23.4. The van der Waals surface area contributed by atoms with Crippen LogP contribution in [0.15, 0.2) is 12.1 Å². The highest BCUT2D eigenvalue weighted by Crippen LogP contribution is 2.39. The SMILES string of the molecule is CC(=O)OC[C@H]1OC(n2c(Cl)nc3cc(F)c(Cl)cc32)[C@H](OC(C)=O)[C@@H]1OC(C)=O. The molecule has 162 valence electrons. The van der Waals surface area contributed by atoms with Crippen LogP contribution in [-0.4, -0.2) is 52.4 Å². The number of esters is 3. The summed E-state index contributed by atoms with van der Waals surface area (Å²) in [6.07, 6.45) is -4.37. The Morgan fingerprint density at radius 3 is 2.33 bits per heavy atom. The van der Waals surface area contributed by atoms with Crippen LogP contribution in [0.4, 0.5) is 4.39 Å². The smallest absolute Gasteiger partial charge is 0.303 e. The molecule has 0 N–H and O–H groups in total. The number of hydrogen-bond acceptors (Lipinski definition) is 8. The van der Waals surface area contributed by atoms with E-state index in [-0.39, 0.29) is 22.4 Å².